The number of nitrogens with zero attached hydrogens (tertiary/aromatic N) is 2. The predicted octanol–water partition coefficient (Wildman–Crippen LogP) is 4.12. The van der Waals surface area contributed by atoms with Gasteiger partial charge in [0.05, 0.1) is 6.04 Å². The fourth-order valence-electron chi connectivity index (χ4n) is 4.15. The monoisotopic (exact) mass is 412 g/mol. The second-order valence-corrected chi connectivity index (χ2v) is 8.52. The standard InChI is InChI=1S/C24H32N2O4/c1-17(2)24(11-5-15-27)12-14-26(23(29)30-24)18(3)19-6-8-20(9-7-19)21-10-13-25(4)22(28)16-21/h6-10,13,16-18,27H,5,11-12,14-15H2,1-4H3. The summed E-state index contributed by atoms with van der Waals surface area (Å²) in [6, 6.07) is 11.4. The van der Waals surface area contributed by atoms with Crippen molar-refractivity contribution in [2.75, 3.05) is 13.2 Å². The molecular formula is C24H32N2O4. The fraction of sp³-hybridized carbons (Fsp3) is 0.500. The zero-order valence-corrected chi connectivity index (χ0v) is 18.3. The van der Waals surface area contributed by atoms with Crippen molar-refractivity contribution in [1.82, 2.24) is 9.47 Å². The fourth-order valence-corrected chi connectivity index (χ4v) is 4.15. The highest BCUT2D eigenvalue weighted by Gasteiger charge is 2.43. The maximum absolute atomic E-state index is 12.9. The van der Waals surface area contributed by atoms with Crippen molar-refractivity contribution in [3.63, 3.8) is 0 Å². The van der Waals surface area contributed by atoms with Crippen LogP contribution in [-0.2, 0) is 11.8 Å². The van der Waals surface area contributed by atoms with Crippen molar-refractivity contribution >= 4 is 6.09 Å². The first kappa shape index (κ1) is 22.1. The average Bonchev–Trinajstić information content (AvgIpc) is 2.74. The number of rotatable bonds is 7. The van der Waals surface area contributed by atoms with Crippen LogP contribution in [0.15, 0.2) is 47.4 Å². The molecule has 1 saturated heterocycles. The number of benzene rings is 1. The number of amides is 1. The van der Waals surface area contributed by atoms with E-state index < -0.39 is 5.60 Å². The Bertz CT molecular complexity index is 935. The number of cyclic esters (lactones) is 1. The Kier molecular flexibility index (Phi) is 6.66. The normalized spacial score (nSPS) is 20.3. The molecule has 1 aliphatic rings. The number of aliphatic hydroxyl groups is 1. The van der Waals surface area contributed by atoms with Gasteiger partial charge in [0.25, 0.3) is 5.56 Å². The van der Waals surface area contributed by atoms with E-state index in [9.17, 15) is 14.7 Å². The van der Waals surface area contributed by atoms with Gasteiger partial charge in [0.2, 0.25) is 0 Å². The largest absolute Gasteiger partial charge is 0.442 e. The van der Waals surface area contributed by atoms with E-state index in [2.05, 4.69) is 13.8 Å². The summed E-state index contributed by atoms with van der Waals surface area (Å²) in [4.78, 5) is 26.5. The van der Waals surface area contributed by atoms with Crippen LogP contribution < -0.4 is 5.56 Å². The third-order valence-electron chi connectivity index (χ3n) is 6.41. The predicted molar refractivity (Wildman–Crippen MR) is 117 cm³/mol. The minimum atomic E-state index is -0.501. The van der Waals surface area contributed by atoms with Gasteiger partial charge in [-0.1, -0.05) is 38.1 Å². The molecule has 1 aliphatic heterocycles. The van der Waals surface area contributed by atoms with Crippen LogP contribution in [0.2, 0.25) is 0 Å². The lowest BCUT2D eigenvalue weighted by atomic mass is 9.81. The van der Waals surface area contributed by atoms with E-state index in [0.29, 0.717) is 19.4 Å². The summed E-state index contributed by atoms with van der Waals surface area (Å²) in [6.07, 6.45) is 3.53. The molecule has 6 nitrogen and oxygen atoms in total. The van der Waals surface area contributed by atoms with Gasteiger partial charge in [0.15, 0.2) is 0 Å². The summed E-state index contributed by atoms with van der Waals surface area (Å²) in [6.45, 7) is 6.87. The number of carbonyl (C=O) groups is 1. The van der Waals surface area contributed by atoms with Crippen LogP contribution in [0.5, 0.6) is 0 Å². The average molecular weight is 413 g/mol. The molecule has 30 heavy (non-hydrogen) atoms. The Morgan fingerprint density at radius 2 is 1.80 bits per heavy atom. The number of aromatic nitrogens is 1. The summed E-state index contributed by atoms with van der Waals surface area (Å²) in [5.41, 5.74) is 2.31. The Morgan fingerprint density at radius 3 is 2.37 bits per heavy atom. The van der Waals surface area contributed by atoms with Gasteiger partial charge >= 0.3 is 6.09 Å². The molecule has 0 aliphatic carbocycles. The van der Waals surface area contributed by atoms with E-state index in [0.717, 1.165) is 23.1 Å². The molecular weight excluding hydrogens is 380 g/mol. The molecule has 2 unspecified atom stereocenters. The maximum Gasteiger partial charge on any atom is 0.410 e. The number of aliphatic hydroxyl groups excluding tert-OH is 1. The van der Waals surface area contributed by atoms with Crippen molar-refractivity contribution in [2.45, 2.75) is 51.7 Å². The Balaban J connectivity index is 1.74. The van der Waals surface area contributed by atoms with E-state index in [1.165, 1.54) is 0 Å². The molecule has 6 heteroatoms. The summed E-state index contributed by atoms with van der Waals surface area (Å²) >= 11 is 0. The second-order valence-electron chi connectivity index (χ2n) is 8.52. The maximum atomic E-state index is 12.9. The summed E-state index contributed by atoms with van der Waals surface area (Å²) < 4.78 is 7.49. The van der Waals surface area contributed by atoms with Crippen molar-refractivity contribution < 1.29 is 14.6 Å². The van der Waals surface area contributed by atoms with E-state index in [4.69, 9.17) is 4.74 Å². The smallest absolute Gasteiger partial charge is 0.410 e. The zero-order valence-electron chi connectivity index (χ0n) is 18.3. The molecule has 0 saturated carbocycles. The number of hydrogen-bond donors (Lipinski definition) is 1. The molecule has 2 aromatic rings. The highest BCUT2D eigenvalue weighted by molar-refractivity contribution is 5.70. The molecule has 2 heterocycles. The molecule has 1 amide bonds. The molecule has 2 atom stereocenters. The van der Waals surface area contributed by atoms with E-state index in [-0.39, 0.29) is 30.2 Å². The van der Waals surface area contributed by atoms with Crippen LogP contribution in [-0.4, -0.2) is 39.4 Å². The topological polar surface area (TPSA) is 71.8 Å². The van der Waals surface area contributed by atoms with Crippen molar-refractivity contribution in [2.24, 2.45) is 13.0 Å². The molecule has 1 aromatic carbocycles. The quantitative estimate of drug-likeness (QED) is 0.742. The van der Waals surface area contributed by atoms with Crippen molar-refractivity contribution in [3.8, 4) is 11.1 Å². The van der Waals surface area contributed by atoms with Gasteiger partial charge in [-0.2, -0.15) is 0 Å². The highest BCUT2D eigenvalue weighted by atomic mass is 16.6. The molecule has 0 radical (unpaired) electrons. The van der Waals surface area contributed by atoms with Gasteiger partial charge in [-0.15, -0.1) is 0 Å². The lowest BCUT2D eigenvalue weighted by Gasteiger charge is -2.45. The SMILES string of the molecule is CC(c1ccc(-c2ccn(C)c(=O)c2)cc1)N1CCC(CCCO)(C(C)C)OC1=O. The third-order valence-corrected chi connectivity index (χ3v) is 6.41. The van der Waals surface area contributed by atoms with Gasteiger partial charge in [-0.25, -0.2) is 4.79 Å². The summed E-state index contributed by atoms with van der Waals surface area (Å²) in [5.74, 6) is 0.198. The summed E-state index contributed by atoms with van der Waals surface area (Å²) in [5, 5.41) is 9.21. The summed E-state index contributed by atoms with van der Waals surface area (Å²) in [7, 11) is 1.73. The van der Waals surface area contributed by atoms with Crippen molar-refractivity contribution in [1.29, 1.82) is 0 Å². The van der Waals surface area contributed by atoms with Crippen LogP contribution in [0.25, 0.3) is 11.1 Å². The van der Waals surface area contributed by atoms with Crippen LogP contribution >= 0.6 is 0 Å². The van der Waals surface area contributed by atoms with E-state index in [1.54, 1.807) is 28.8 Å². The molecule has 3 rings (SSSR count). The molecule has 1 fully saturated rings. The molecule has 162 valence electrons. The van der Waals surface area contributed by atoms with Gasteiger partial charge in [-0.05, 0) is 48.4 Å². The van der Waals surface area contributed by atoms with Crippen LogP contribution in [0.4, 0.5) is 4.79 Å². The number of hydrogen-bond acceptors (Lipinski definition) is 4. The number of aryl methyl sites for hydroxylation is 1. The molecule has 0 spiro atoms. The second kappa shape index (κ2) is 9.04. The van der Waals surface area contributed by atoms with Crippen LogP contribution in [0, 0.1) is 5.92 Å². The van der Waals surface area contributed by atoms with Crippen LogP contribution in [0.3, 0.4) is 0 Å². The first-order valence-electron chi connectivity index (χ1n) is 10.6. The Morgan fingerprint density at radius 1 is 1.10 bits per heavy atom. The lowest BCUT2D eigenvalue weighted by Crippen LogP contribution is -2.52. The van der Waals surface area contributed by atoms with E-state index >= 15 is 0 Å². The minimum Gasteiger partial charge on any atom is -0.442 e. The van der Waals surface area contributed by atoms with Gasteiger partial charge < -0.3 is 19.3 Å². The van der Waals surface area contributed by atoms with E-state index in [1.807, 2.05) is 37.3 Å². The number of ether oxygens (including phenoxy) is 1. The highest BCUT2D eigenvalue weighted by Crippen LogP contribution is 2.38. The zero-order chi connectivity index (χ0) is 21.9. The van der Waals surface area contributed by atoms with Gasteiger partial charge in [0, 0.05) is 38.9 Å². The lowest BCUT2D eigenvalue weighted by molar-refractivity contribution is -0.0894. The third kappa shape index (κ3) is 4.43. The number of pyridine rings is 1. The first-order chi connectivity index (χ1) is 14.3. The number of carbonyl (C=O) groups excluding carboxylic acids is 1. The van der Waals surface area contributed by atoms with Crippen molar-refractivity contribution in [3.05, 3.63) is 58.5 Å². The minimum absolute atomic E-state index is 0.0455. The van der Waals surface area contributed by atoms with Crippen LogP contribution in [0.1, 0.15) is 51.6 Å². The molecule has 1 N–H and O–H groups in total. The van der Waals surface area contributed by atoms with Gasteiger partial charge in [-0.3, -0.25) is 4.79 Å². The Hall–Kier alpha value is -2.60. The van der Waals surface area contributed by atoms with Gasteiger partial charge in [0.1, 0.15) is 5.60 Å². The Labute approximate surface area is 178 Å². The molecule has 0 bridgehead atoms. The first-order valence-corrected chi connectivity index (χ1v) is 10.6. The molecule has 1 aromatic heterocycles.